The Hall–Kier alpha value is -1.28. The van der Waals surface area contributed by atoms with Gasteiger partial charge in [0.25, 0.3) is 0 Å². The van der Waals surface area contributed by atoms with Crippen LogP contribution < -0.4 is 15.8 Å². The van der Waals surface area contributed by atoms with E-state index in [1.807, 2.05) is 7.11 Å². The third-order valence-electron chi connectivity index (χ3n) is 6.17. The quantitative estimate of drug-likeness (QED) is 0.841. The molecule has 0 spiro atoms. The monoisotopic (exact) mass is 346 g/mol. The number of hydrogen-bond donors (Lipinski definition) is 2. The summed E-state index contributed by atoms with van der Waals surface area (Å²) in [6.45, 7) is 7.66. The van der Waals surface area contributed by atoms with Crippen molar-refractivity contribution in [3.63, 3.8) is 0 Å². The first-order chi connectivity index (χ1) is 12.3. The van der Waals surface area contributed by atoms with Gasteiger partial charge < -0.3 is 14.5 Å². The van der Waals surface area contributed by atoms with Gasteiger partial charge in [0, 0.05) is 51.3 Å². The van der Waals surface area contributed by atoms with E-state index in [0.717, 1.165) is 63.5 Å². The molecule has 1 aliphatic carbocycles. The molecule has 7 nitrogen and oxygen atoms in total. The molecule has 2 aliphatic heterocycles. The molecule has 4 atom stereocenters. The molecule has 1 aromatic rings. The number of piperazine rings is 1. The molecule has 1 aromatic heterocycles. The molecule has 0 radical (unpaired) electrons. The summed E-state index contributed by atoms with van der Waals surface area (Å²) in [5.74, 6) is 1.59. The first kappa shape index (κ1) is 17.1. The van der Waals surface area contributed by atoms with Crippen molar-refractivity contribution in [3.8, 4) is 0 Å². The lowest BCUT2D eigenvalue weighted by molar-refractivity contribution is 0.0436. The van der Waals surface area contributed by atoms with E-state index in [-0.39, 0.29) is 6.04 Å². The lowest BCUT2D eigenvalue weighted by Gasteiger charge is -2.35. The molecule has 0 bridgehead atoms. The van der Waals surface area contributed by atoms with Crippen molar-refractivity contribution in [1.82, 2.24) is 25.7 Å². The lowest BCUT2D eigenvalue weighted by Crippen LogP contribution is -2.46. The Morgan fingerprint density at radius 1 is 1.16 bits per heavy atom. The highest BCUT2D eigenvalue weighted by molar-refractivity contribution is 5.40. The fourth-order valence-corrected chi connectivity index (χ4v) is 4.52. The van der Waals surface area contributed by atoms with Crippen LogP contribution in [-0.4, -0.2) is 66.8 Å². The number of hydrogen-bond acceptors (Lipinski definition) is 7. The van der Waals surface area contributed by atoms with Gasteiger partial charge in [-0.15, -0.1) is 0 Å². The Balaban J connectivity index is 1.48. The smallest absolute Gasteiger partial charge is 0.132 e. The number of anilines is 1. The van der Waals surface area contributed by atoms with Gasteiger partial charge >= 0.3 is 0 Å². The number of likely N-dealkylation sites (N-methyl/N-ethyl adjacent to an activating group) is 1. The highest BCUT2D eigenvalue weighted by atomic mass is 16.5. The molecule has 3 fully saturated rings. The molecule has 4 rings (SSSR count). The van der Waals surface area contributed by atoms with E-state index in [4.69, 9.17) is 4.74 Å². The summed E-state index contributed by atoms with van der Waals surface area (Å²) < 4.78 is 5.62. The number of nitrogens with zero attached hydrogens (tertiary/aromatic N) is 4. The lowest BCUT2D eigenvalue weighted by atomic mass is 9.79. The fraction of sp³-hybridized carbons (Fsp3) is 0.778. The number of ether oxygens (including phenoxy) is 1. The van der Waals surface area contributed by atoms with E-state index in [1.54, 1.807) is 6.33 Å². The van der Waals surface area contributed by atoms with Crippen molar-refractivity contribution in [2.24, 2.45) is 5.92 Å². The van der Waals surface area contributed by atoms with Gasteiger partial charge in [0.1, 0.15) is 12.1 Å². The van der Waals surface area contributed by atoms with Crippen molar-refractivity contribution in [3.05, 3.63) is 18.1 Å². The third-order valence-corrected chi connectivity index (χ3v) is 6.17. The minimum atomic E-state index is 0.238. The van der Waals surface area contributed by atoms with E-state index >= 15 is 0 Å². The first-order valence-electron chi connectivity index (χ1n) is 9.61. The van der Waals surface area contributed by atoms with E-state index in [0.29, 0.717) is 18.1 Å². The van der Waals surface area contributed by atoms with Crippen molar-refractivity contribution in [1.29, 1.82) is 0 Å². The molecule has 4 unspecified atom stereocenters. The molecule has 25 heavy (non-hydrogen) atoms. The standard InChI is InChI=1S/C18H30N6O/c1-3-23-6-8-24(9-7-23)17-11-16(19-12-20-17)18-14-10-13(25-2)4-5-15(14)21-22-18/h11-15,18,21-22H,3-10H2,1-2H3. The van der Waals surface area contributed by atoms with Gasteiger partial charge in [0.2, 0.25) is 0 Å². The van der Waals surface area contributed by atoms with Gasteiger partial charge in [-0.2, -0.15) is 0 Å². The minimum absolute atomic E-state index is 0.238. The minimum Gasteiger partial charge on any atom is -0.381 e. The van der Waals surface area contributed by atoms with Gasteiger partial charge in [0.05, 0.1) is 17.8 Å². The topological polar surface area (TPSA) is 65.5 Å². The zero-order valence-electron chi connectivity index (χ0n) is 15.3. The fourth-order valence-electron chi connectivity index (χ4n) is 4.52. The zero-order valence-corrected chi connectivity index (χ0v) is 15.3. The van der Waals surface area contributed by atoms with Crippen LogP contribution in [0.15, 0.2) is 12.4 Å². The number of fused-ring (bicyclic) bond motifs is 1. The molecular formula is C18H30N6O. The predicted molar refractivity (Wildman–Crippen MR) is 97.3 cm³/mol. The van der Waals surface area contributed by atoms with Gasteiger partial charge in [-0.3, -0.25) is 5.43 Å². The van der Waals surface area contributed by atoms with Crippen LogP contribution in [0.5, 0.6) is 0 Å². The zero-order chi connectivity index (χ0) is 17.2. The summed E-state index contributed by atoms with van der Waals surface area (Å²) in [6.07, 6.45) is 5.47. The Bertz CT molecular complexity index is 576. The molecule has 0 aromatic carbocycles. The second-order valence-electron chi connectivity index (χ2n) is 7.43. The van der Waals surface area contributed by atoms with Crippen LogP contribution in [0.25, 0.3) is 0 Å². The van der Waals surface area contributed by atoms with E-state index < -0.39 is 0 Å². The van der Waals surface area contributed by atoms with Crippen LogP contribution in [0.1, 0.15) is 37.9 Å². The van der Waals surface area contributed by atoms with Crippen molar-refractivity contribution in [2.75, 3.05) is 44.7 Å². The molecule has 138 valence electrons. The highest BCUT2D eigenvalue weighted by Crippen LogP contribution is 2.38. The van der Waals surface area contributed by atoms with Gasteiger partial charge in [-0.1, -0.05) is 6.92 Å². The van der Waals surface area contributed by atoms with Crippen LogP contribution in [-0.2, 0) is 4.74 Å². The van der Waals surface area contributed by atoms with Crippen LogP contribution >= 0.6 is 0 Å². The van der Waals surface area contributed by atoms with E-state index in [1.165, 1.54) is 0 Å². The van der Waals surface area contributed by atoms with E-state index in [2.05, 4.69) is 43.6 Å². The third kappa shape index (κ3) is 3.51. The van der Waals surface area contributed by atoms with Gasteiger partial charge in [-0.05, 0) is 25.8 Å². The Kier molecular flexibility index (Phi) is 5.17. The second-order valence-corrected chi connectivity index (χ2v) is 7.43. The van der Waals surface area contributed by atoms with Crippen LogP contribution in [0.2, 0.25) is 0 Å². The Morgan fingerprint density at radius 2 is 2.00 bits per heavy atom. The number of hydrazine groups is 1. The summed E-state index contributed by atoms with van der Waals surface area (Å²) in [5.41, 5.74) is 8.06. The molecule has 2 saturated heterocycles. The summed E-state index contributed by atoms with van der Waals surface area (Å²) in [6, 6.07) is 2.93. The Labute approximate surface area is 150 Å². The van der Waals surface area contributed by atoms with Crippen LogP contribution in [0.4, 0.5) is 5.82 Å². The molecule has 2 N–H and O–H groups in total. The molecule has 3 heterocycles. The highest BCUT2D eigenvalue weighted by Gasteiger charge is 2.41. The maximum Gasteiger partial charge on any atom is 0.132 e. The number of rotatable bonds is 4. The Morgan fingerprint density at radius 3 is 2.76 bits per heavy atom. The van der Waals surface area contributed by atoms with Crippen LogP contribution in [0.3, 0.4) is 0 Å². The molecular weight excluding hydrogens is 316 g/mol. The summed E-state index contributed by atoms with van der Waals surface area (Å²) in [4.78, 5) is 14.0. The van der Waals surface area contributed by atoms with Gasteiger partial charge in [-0.25, -0.2) is 15.4 Å². The molecule has 3 aliphatic rings. The maximum absolute atomic E-state index is 5.62. The molecule has 0 amide bonds. The molecule has 1 saturated carbocycles. The average Bonchev–Trinajstić information content (AvgIpc) is 3.11. The van der Waals surface area contributed by atoms with Gasteiger partial charge in [0.15, 0.2) is 0 Å². The number of nitrogens with one attached hydrogen (secondary N) is 2. The van der Waals surface area contributed by atoms with Crippen molar-refractivity contribution >= 4 is 5.82 Å². The second kappa shape index (κ2) is 7.53. The first-order valence-corrected chi connectivity index (χ1v) is 9.61. The SMILES string of the molecule is CCN1CCN(c2cc(C3NNC4CCC(OC)CC43)ncn2)CC1. The normalized spacial score (nSPS) is 33.4. The van der Waals surface area contributed by atoms with E-state index in [9.17, 15) is 0 Å². The number of aromatic nitrogens is 2. The van der Waals surface area contributed by atoms with Crippen molar-refractivity contribution in [2.45, 2.75) is 44.4 Å². The largest absolute Gasteiger partial charge is 0.381 e. The maximum atomic E-state index is 5.62. The predicted octanol–water partition coefficient (Wildman–Crippen LogP) is 0.951. The van der Waals surface area contributed by atoms with Crippen LogP contribution in [0, 0.1) is 5.92 Å². The summed E-state index contributed by atoms with van der Waals surface area (Å²) in [5, 5.41) is 0. The molecule has 7 heteroatoms. The average molecular weight is 346 g/mol. The summed E-state index contributed by atoms with van der Waals surface area (Å²) >= 11 is 0. The van der Waals surface area contributed by atoms with Crippen molar-refractivity contribution < 1.29 is 4.74 Å². The summed E-state index contributed by atoms with van der Waals surface area (Å²) in [7, 11) is 1.83. The number of methoxy groups -OCH3 is 1.